The number of fused-ring (bicyclic) bond motifs is 7. The number of hydrogen-bond acceptors (Lipinski definition) is 19. The van der Waals surface area contributed by atoms with Crippen molar-refractivity contribution in [3.8, 4) is 17.1 Å². The lowest BCUT2D eigenvalue weighted by atomic mass is 9.95. The second kappa shape index (κ2) is 35.5. The molecule has 12 aromatic rings. The van der Waals surface area contributed by atoms with Gasteiger partial charge in [0, 0.05) is 142 Å². The molecule has 112 heavy (non-hydrogen) atoms. The van der Waals surface area contributed by atoms with Crippen LogP contribution in [0.1, 0.15) is 147 Å². The van der Waals surface area contributed by atoms with Gasteiger partial charge in [0.15, 0.2) is 11.6 Å². The van der Waals surface area contributed by atoms with Crippen LogP contribution in [0.5, 0.6) is 5.75 Å². The number of likely N-dealkylation sites (N-methyl/N-ethyl adjacent to an activating group) is 1. The lowest BCUT2D eigenvalue weighted by Gasteiger charge is -2.16. The molecule has 0 saturated carbocycles. The summed E-state index contributed by atoms with van der Waals surface area (Å²) in [6.45, 7) is 12.0. The molecule has 1 aliphatic heterocycles. The number of hydrogen-bond donors (Lipinski definition) is 0. The smallest absolute Gasteiger partial charge is 0.332 e. The largest absolute Gasteiger partial charge is 0.490 e. The first-order valence-corrected chi connectivity index (χ1v) is 38.1. The van der Waals surface area contributed by atoms with Gasteiger partial charge in [-0.15, -0.1) is 11.8 Å². The van der Waals surface area contributed by atoms with Gasteiger partial charge < -0.3 is 47.6 Å². The molecule has 0 aliphatic carbocycles. The number of ketones is 2. The van der Waals surface area contributed by atoms with Crippen molar-refractivity contribution in [1.82, 2.24) is 14.0 Å². The van der Waals surface area contributed by atoms with E-state index < -0.39 is 23.9 Å². The minimum atomic E-state index is -0.624. The number of amides is 1. The van der Waals surface area contributed by atoms with E-state index in [1.54, 1.807) is 18.8 Å². The van der Waals surface area contributed by atoms with Gasteiger partial charge in [-0.05, 0) is 178 Å². The number of ether oxygens (including phenoxy) is 3. The molecule has 22 heteroatoms. The molecule has 1 amide bonds. The molecule has 1 saturated heterocycles. The Kier molecular flexibility index (Phi) is 24.6. The van der Waals surface area contributed by atoms with E-state index in [4.69, 9.17) is 33.6 Å². The maximum atomic E-state index is 15.0. The van der Waals surface area contributed by atoms with Crippen LogP contribution in [0, 0.1) is 0 Å². The Morgan fingerprint density at radius 2 is 0.955 bits per heavy atom. The number of aromatic nitrogens is 2. The summed E-state index contributed by atoms with van der Waals surface area (Å²) >= 11 is 1.65. The monoisotopic (exact) mass is 1520 g/mol. The standard InChI is InChI=1S/C90H83N7O14S/c1-55(2)105-47-45-81(92-109-58(5)100)61-25-35-69(36-26-61)96-84-42-32-66(82(93-110-59(6)101)53-95(8)56(3)98)50-77(84)78-51-67(33-43-85(78)96)89(103)64-29-39-72(40-30-64)112-48-13-12-23-80(91-108-57(4)99)65-31-41-83-76(49-65)79-52-68(90(104)75-22-14-21-74-73(75)20-15-24-87(74)107-54-71-19-16-46-106-71)34-44-86(79)97(83)70-37-27-63(28-38-70)88(94-111-60(7)102)62-17-10-9-11-18-62/h9-11,14-15,17-18,20-22,24-44,49-52,55,71H,12-13,16,19,23,45-48,53-54H2,1-8H3. The van der Waals surface area contributed by atoms with Crippen molar-refractivity contribution >= 4 is 130 Å². The molecule has 0 radical (unpaired) electrons. The van der Waals surface area contributed by atoms with Gasteiger partial charge in [0.25, 0.3) is 0 Å². The highest BCUT2D eigenvalue weighted by Gasteiger charge is 2.25. The fourth-order valence-corrected chi connectivity index (χ4v) is 14.6. The fraction of sp³-hybridized carbons (Fsp3) is 0.233. The maximum absolute atomic E-state index is 15.0. The summed E-state index contributed by atoms with van der Waals surface area (Å²) in [4.78, 5) is 114. The molecule has 13 rings (SSSR count). The first-order valence-electron chi connectivity index (χ1n) is 37.1. The summed E-state index contributed by atoms with van der Waals surface area (Å²) in [5, 5.41) is 21.8. The third-order valence-electron chi connectivity index (χ3n) is 19.2. The molecule has 0 N–H and O–H groups in total. The minimum Gasteiger partial charge on any atom is -0.490 e. The van der Waals surface area contributed by atoms with E-state index in [0.29, 0.717) is 88.9 Å². The average Bonchev–Trinajstić information content (AvgIpc) is 1.59. The van der Waals surface area contributed by atoms with Gasteiger partial charge in [-0.25, -0.2) is 19.2 Å². The van der Waals surface area contributed by atoms with Crippen LogP contribution in [0.4, 0.5) is 0 Å². The van der Waals surface area contributed by atoms with E-state index in [-0.39, 0.29) is 36.2 Å². The van der Waals surface area contributed by atoms with Gasteiger partial charge in [0.05, 0.1) is 58.8 Å². The van der Waals surface area contributed by atoms with E-state index >= 15 is 4.79 Å². The number of nitrogens with zero attached hydrogens (tertiary/aromatic N) is 7. The van der Waals surface area contributed by atoms with E-state index in [1.165, 1.54) is 39.5 Å². The van der Waals surface area contributed by atoms with E-state index in [9.17, 15) is 28.8 Å². The number of oxime groups is 4. The second-order valence-corrected chi connectivity index (χ2v) is 28.7. The van der Waals surface area contributed by atoms with Gasteiger partial charge in [-0.2, -0.15) is 0 Å². The Morgan fingerprint density at radius 3 is 1.51 bits per heavy atom. The summed E-state index contributed by atoms with van der Waals surface area (Å²) in [5.74, 6) is -1.46. The number of benzene rings is 10. The molecule has 21 nitrogen and oxygen atoms in total. The summed E-state index contributed by atoms with van der Waals surface area (Å²) < 4.78 is 22.2. The zero-order valence-corrected chi connectivity index (χ0v) is 64.2. The average molecular weight is 1520 g/mol. The van der Waals surface area contributed by atoms with Crippen molar-refractivity contribution in [3.63, 3.8) is 0 Å². The molecule has 0 bridgehead atoms. The van der Waals surface area contributed by atoms with Crippen molar-refractivity contribution in [1.29, 1.82) is 0 Å². The topological polar surface area (TPSA) is 247 Å². The van der Waals surface area contributed by atoms with Crippen molar-refractivity contribution in [2.24, 2.45) is 20.6 Å². The summed E-state index contributed by atoms with van der Waals surface area (Å²) in [7, 11) is 1.63. The van der Waals surface area contributed by atoms with Crippen molar-refractivity contribution in [3.05, 3.63) is 262 Å². The zero-order chi connectivity index (χ0) is 78.5. The van der Waals surface area contributed by atoms with Crippen molar-refractivity contribution in [2.75, 3.05) is 39.2 Å². The van der Waals surface area contributed by atoms with Crippen LogP contribution in [-0.2, 0) is 52.8 Å². The summed E-state index contributed by atoms with van der Waals surface area (Å²) in [6, 6.07) is 67.0. The van der Waals surface area contributed by atoms with Crippen molar-refractivity contribution in [2.45, 2.75) is 104 Å². The van der Waals surface area contributed by atoms with Crippen LogP contribution in [0.2, 0.25) is 0 Å². The van der Waals surface area contributed by atoms with E-state index in [1.807, 2.05) is 226 Å². The number of rotatable bonds is 30. The summed E-state index contributed by atoms with van der Waals surface area (Å²) in [6.07, 6.45) is 4.22. The highest BCUT2D eigenvalue weighted by Crippen LogP contribution is 2.39. The SMILES string of the molecule is CC(=O)ON=C(CCCCSc1ccc(C(=O)c2ccc3c(c2)c2cc(C(CN(C)C(C)=O)=NOC(C)=O)ccc2n3-c2ccc(C(CCOC(C)C)=NOC(C)=O)cc2)cc1)c1ccc2c(c1)c1cc(C(=O)c3cccc4c(OCC5CCCO5)cccc34)ccc1n2-c1ccc(C(=NOC(C)=O)c2ccccc2)cc1. The second-order valence-electron chi connectivity index (χ2n) is 27.6. The lowest BCUT2D eigenvalue weighted by molar-refractivity contribution is -0.141. The number of thioether (sulfide) groups is 1. The Morgan fingerprint density at radius 1 is 0.473 bits per heavy atom. The van der Waals surface area contributed by atoms with Crippen LogP contribution < -0.4 is 4.74 Å². The predicted octanol–water partition coefficient (Wildman–Crippen LogP) is 17.4. The molecule has 0 spiro atoms. The van der Waals surface area contributed by atoms with Gasteiger partial charge in [0.2, 0.25) is 5.91 Å². The Hall–Kier alpha value is -12.5. The third-order valence-corrected chi connectivity index (χ3v) is 20.3. The molecule has 10 aromatic carbocycles. The van der Waals surface area contributed by atoms with Crippen LogP contribution >= 0.6 is 11.8 Å². The first-order chi connectivity index (χ1) is 54.2. The van der Waals surface area contributed by atoms with Gasteiger partial charge in [0.1, 0.15) is 23.8 Å². The number of carbonyl (C=O) groups excluding carboxylic acids is 7. The van der Waals surface area contributed by atoms with Crippen LogP contribution in [0.15, 0.2) is 238 Å². The summed E-state index contributed by atoms with van der Waals surface area (Å²) in [5.41, 5.74) is 12.2. The fourth-order valence-electron chi connectivity index (χ4n) is 13.7. The lowest BCUT2D eigenvalue weighted by Crippen LogP contribution is -2.30. The van der Waals surface area contributed by atoms with Gasteiger partial charge >= 0.3 is 23.9 Å². The predicted molar refractivity (Wildman–Crippen MR) is 436 cm³/mol. The highest BCUT2D eigenvalue weighted by molar-refractivity contribution is 7.99. The number of carbonyl (C=O) groups is 7. The van der Waals surface area contributed by atoms with Gasteiger partial charge in [-0.1, -0.05) is 118 Å². The van der Waals surface area contributed by atoms with E-state index in [2.05, 4.69) is 29.8 Å². The van der Waals surface area contributed by atoms with Crippen LogP contribution in [-0.4, -0.2) is 130 Å². The Balaban J connectivity index is 0.759. The zero-order valence-electron chi connectivity index (χ0n) is 63.4. The Bertz CT molecular complexity index is 5720. The molecule has 3 heterocycles. The normalized spacial score (nSPS) is 13.5. The third kappa shape index (κ3) is 18.2. The molecule has 1 atom stereocenters. The Labute approximate surface area is 651 Å². The first kappa shape index (κ1) is 77.7. The quantitative estimate of drug-likeness (QED) is 0.0101. The van der Waals surface area contributed by atoms with E-state index in [0.717, 1.165) is 125 Å². The maximum Gasteiger partial charge on any atom is 0.332 e. The van der Waals surface area contributed by atoms with Crippen molar-refractivity contribution < 1.29 is 67.1 Å². The molecule has 1 unspecified atom stereocenters. The molecular formula is C90H83N7O14S. The molecule has 1 fully saturated rings. The minimum absolute atomic E-state index is 0.00765. The molecule has 2 aromatic heterocycles. The number of unbranched alkanes of at least 4 members (excludes halogenated alkanes) is 1. The van der Waals surface area contributed by atoms with Crippen LogP contribution in [0.3, 0.4) is 0 Å². The van der Waals surface area contributed by atoms with Gasteiger partial charge in [-0.3, -0.25) is 14.4 Å². The highest BCUT2D eigenvalue weighted by atomic mass is 32.2. The molecular weight excluding hydrogens is 1440 g/mol. The molecule has 568 valence electrons. The van der Waals surface area contributed by atoms with Crippen LogP contribution in [0.25, 0.3) is 65.8 Å². The molecule has 1 aliphatic rings.